The van der Waals surface area contributed by atoms with Gasteiger partial charge in [-0.25, -0.2) is 8.42 Å². The average Bonchev–Trinajstić information content (AvgIpc) is 2.39. The number of sulfonamides is 1. The minimum atomic E-state index is -3.49. The van der Waals surface area contributed by atoms with E-state index < -0.39 is 10.0 Å². The number of hydrogen-bond donors (Lipinski definition) is 0. The minimum Gasteiger partial charge on any atom is -0.340 e. The first-order valence-corrected chi connectivity index (χ1v) is 7.74. The van der Waals surface area contributed by atoms with Gasteiger partial charge in [-0.15, -0.1) is 0 Å². The highest BCUT2D eigenvalue weighted by atomic mass is 35.5. The van der Waals surface area contributed by atoms with Crippen LogP contribution in [0.1, 0.15) is 6.92 Å². The first kappa shape index (κ1) is 14.3. The molecule has 1 aliphatic rings. The largest absolute Gasteiger partial charge is 0.340 e. The third-order valence-corrected chi connectivity index (χ3v) is 5.30. The number of carbonyl (C=O) groups is 1. The summed E-state index contributed by atoms with van der Waals surface area (Å²) in [6.07, 6.45) is 0. The van der Waals surface area contributed by atoms with Gasteiger partial charge in [0.15, 0.2) is 0 Å². The third kappa shape index (κ3) is 3.08. The molecule has 0 aliphatic carbocycles. The second kappa shape index (κ2) is 5.48. The van der Waals surface area contributed by atoms with Crippen molar-refractivity contribution in [3.8, 4) is 0 Å². The number of rotatable bonds is 2. The van der Waals surface area contributed by atoms with Crippen LogP contribution < -0.4 is 0 Å². The van der Waals surface area contributed by atoms with Crippen molar-refractivity contribution >= 4 is 27.5 Å². The summed E-state index contributed by atoms with van der Waals surface area (Å²) in [4.78, 5) is 13.1. The normalized spacial score (nSPS) is 17.5. The van der Waals surface area contributed by atoms with Crippen molar-refractivity contribution in [1.29, 1.82) is 0 Å². The molecule has 0 saturated carbocycles. The smallest absolute Gasteiger partial charge is 0.243 e. The predicted octanol–water partition coefficient (Wildman–Crippen LogP) is 1.19. The van der Waals surface area contributed by atoms with E-state index in [4.69, 9.17) is 11.6 Å². The molecule has 0 aromatic heterocycles. The van der Waals surface area contributed by atoms with E-state index in [1.54, 1.807) is 17.0 Å². The summed E-state index contributed by atoms with van der Waals surface area (Å²) in [6, 6.07) is 6.10. The molecule has 0 atom stereocenters. The Morgan fingerprint density at radius 1 is 1.11 bits per heavy atom. The van der Waals surface area contributed by atoms with Crippen molar-refractivity contribution < 1.29 is 13.2 Å². The monoisotopic (exact) mass is 302 g/mol. The summed E-state index contributed by atoms with van der Waals surface area (Å²) in [5.41, 5.74) is 0. The van der Waals surface area contributed by atoms with Crippen LogP contribution in [0.25, 0.3) is 0 Å². The van der Waals surface area contributed by atoms with Gasteiger partial charge in [0.1, 0.15) is 0 Å². The molecule has 0 radical (unpaired) electrons. The van der Waals surface area contributed by atoms with Gasteiger partial charge in [0.2, 0.25) is 15.9 Å². The fraction of sp³-hybridized carbons (Fsp3) is 0.417. The van der Waals surface area contributed by atoms with E-state index in [2.05, 4.69) is 0 Å². The topological polar surface area (TPSA) is 57.7 Å². The molecule has 1 saturated heterocycles. The van der Waals surface area contributed by atoms with Crippen molar-refractivity contribution in [3.63, 3.8) is 0 Å². The van der Waals surface area contributed by atoms with Crippen molar-refractivity contribution in [1.82, 2.24) is 9.21 Å². The maximum atomic E-state index is 12.4. The molecule has 1 amide bonds. The Bertz CT molecular complexity index is 563. The number of halogens is 1. The highest BCUT2D eigenvalue weighted by Gasteiger charge is 2.28. The van der Waals surface area contributed by atoms with Gasteiger partial charge in [-0.2, -0.15) is 4.31 Å². The molecule has 0 bridgehead atoms. The fourth-order valence-electron chi connectivity index (χ4n) is 2.00. The van der Waals surface area contributed by atoms with Gasteiger partial charge in [0.25, 0.3) is 0 Å². The van der Waals surface area contributed by atoms with Crippen LogP contribution in [-0.4, -0.2) is 49.7 Å². The molecule has 1 aromatic carbocycles. The van der Waals surface area contributed by atoms with Gasteiger partial charge in [0, 0.05) is 38.1 Å². The van der Waals surface area contributed by atoms with E-state index in [-0.39, 0.29) is 10.8 Å². The van der Waals surface area contributed by atoms with Crippen molar-refractivity contribution in [3.05, 3.63) is 29.3 Å². The molecular formula is C12H15ClN2O3S. The number of amides is 1. The number of carbonyl (C=O) groups excluding carboxylic acids is 1. The number of hydrogen-bond acceptors (Lipinski definition) is 3. The minimum absolute atomic E-state index is 0.0245. The van der Waals surface area contributed by atoms with E-state index >= 15 is 0 Å². The van der Waals surface area contributed by atoms with Gasteiger partial charge >= 0.3 is 0 Å². The van der Waals surface area contributed by atoms with E-state index in [0.29, 0.717) is 31.2 Å². The van der Waals surface area contributed by atoms with Gasteiger partial charge in [-0.1, -0.05) is 11.6 Å². The standard InChI is InChI=1S/C12H15ClN2O3S/c1-10(16)14-6-8-15(9-7-14)19(17,18)12-4-2-11(13)3-5-12/h2-5H,6-9H2,1H3. The second-order valence-corrected chi connectivity index (χ2v) is 6.74. The summed E-state index contributed by atoms with van der Waals surface area (Å²) in [6.45, 7) is 3.00. The number of benzene rings is 1. The molecule has 19 heavy (non-hydrogen) atoms. The van der Waals surface area contributed by atoms with Gasteiger partial charge in [-0.05, 0) is 24.3 Å². The van der Waals surface area contributed by atoms with E-state index in [1.807, 2.05) is 0 Å². The molecular weight excluding hydrogens is 288 g/mol. The SMILES string of the molecule is CC(=O)N1CCN(S(=O)(=O)c2ccc(Cl)cc2)CC1. The summed E-state index contributed by atoms with van der Waals surface area (Å²) in [5, 5.41) is 0.500. The number of piperazine rings is 1. The molecule has 1 aliphatic heterocycles. The summed E-state index contributed by atoms with van der Waals surface area (Å²) < 4.78 is 26.1. The average molecular weight is 303 g/mol. The van der Waals surface area contributed by atoms with Crippen LogP contribution in [0.5, 0.6) is 0 Å². The fourth-order valence-corrected chi connectivity index (χ4v) is 3.55. The lowest BCUT2D eigenvalue weighted by atomic mass is 10.3. The zero-order valence-electron chi connectivity index (χ0n) is 10.5. The lowest BCUT2D eigenvalue weighted by Gasteiger charge is -2.33. The molecule has 7 heteroatoms. The van der Waals surface area contributed by atoms with Crippen LogP contribution in [0, 0.1) is 0 Å². The Morgan fingerprint density at radius 3 is 2.11 bits per heavy atom. The Labute approximate surface area is 117 Å². The van der Waals surface area contributed by atoms with Crippen molar-refractivity contribution in [2.24, 2.45) is 0 Å². The summed E-state index contributed by atoms with van der Waals surface area (Å²) in [5.74, 6) is -0.0245. The molecule has 2 rings (SSSR count). The maximum absolute atomic E-state index is 12.4. The highest BCUT2D eigenvalue weighted by Crippen LogP contribution is 2.19. The first-order valence-electron chi connectivity index (χ1n) is 5.92. The van der Waals surface area contributed by atoms with Crippen LogP contribution >= 0.6 is 11.6 Å². The van der Waals surface area contributed by atoms with Crippen LogP contribution in [0.2, 0.25) is 5.02 Å². The Morgan fingerprint density at radius 2 is 1.63 bits per heavy atom. The molecule has 0 unspecified atom stereocenters. The Balaban J connectivity index is 2.14. The first-order chi connectivity index (χ1) is 8.91. The highest BCUT2D eigenvalue weighted by molar-refractivity contribution is 7.89. The Hall–Kier alpha value is -1.11. The lowest BCUT2D eigenvalue weighted by molar-refractivity contribution is -0.129. The molecule has 1 heterocycles. The van der Waals surface area contributed by atoms with E-state index in [1.165, 1.54) is 23.4 Å². The second-order valence-electron chi connectivity index (χ2n) is 4.36. The zero-order valence-corrected chi connectivity index (χ0v) is 12.1. The number of nitrogens with zero attached hydrogens (tertiary/aromatic N) is 2. The zero-order chi connectivity index (χ0) is 14.0. The molecule has 0 spiro atoms. The molecule has 1 aromatic rings. The van der Waals surface area contributed by atoms with Gasteiger partial charge in [0.05, 0.1) is 4.90 Å². The van der Waals surface area contributed by atoms with Gasteiger partial charge in [-0.3, -0.25) is 4.79 Å². The summed E-state index contributed by atoms with van der Waals surface area (Å²) >= 11 is 5.75. The van der Waals surface area contributed by atoms with Crippen LogP contribution in [0.15, 0.2) is 29.2 Å². The van der Waals surface area contributed by atoms with E-state index in [9.17, 15) is 13.2 Å². The Kier molecular flexibility index (Phi) is 4.13. The molecule has 1 fully saturated rings. The van der Waals surface area contributed by atoms with Crippen molar-refractivity contribution in [2.45, 2.75) is 11.8 Å². The van der Waals surface area contributed by atoms with Crippen molar-refractivity contribution in [2.75, 3.05) is 26.2 Å². The third-order valence-electron chi connectivity index (χ3n) is 3.14. The maximum Gasteiger partial charge on any atom is 0.243 e. The quantitative estimate of drug-likeness (QED) is 0.824. The van der Waals surface area contributed by atoms with E-state index in [0.717, 1.165) is 0 Å². The van der Waals surface area contributed by atoms with Crippen LogP contribution in [0.3, 0.4) is 0 Å². The molecule has 5 nitrogen and oxygen atoms in total. The molecule has 0 N–H and O–H groups in total. The van der Waals surface area contributed by atoms with Gasteiger partial charge < -0.3 is 4.90 Å². The lowest BCUT2D eigenvalue weighted by Crippen LogP contribution is -2.49. The molecule has 104 valence electrons. The summed E-state index contributed by atoms with van der Waals surface area (Å²) in [7, 11) is -3.49. The van der Waals surface area contributed by atoms with Crippen LogP contribution in [0.4, 0.5) is 0 Å². The van der Waals surface area contributed by atoms with Crippen LogP contribution in [-0.2, 0) is 14.8 Å². The predicted molar refractivity (Wildman–Crippen MR) is 72.5 cm³/mol.